The molecule has 1 unspecified atom stereocenters. The van der Waals surface area contributed by atoms with Gasteiger partial charge in [-0.3, -0.25) is 0 Å². The van der Waals surface area contributed by atoms with Gasteiger partial charge in [-0.1, -0.05) is 18.2 Å². The first-order valence-electron chi connectivity index (χ1n) is 4.91. The molecule has 0 N–H and O–H groups in total. The van der Waals surface area contributed by atoms with E-state index in [4.69, 9.17) is 0 Å². The van der Waals surface area contributed by atoms with Crippen molar-refractivity contribution in [1.29, 1.82) is 0 Å². The van der Waals surface area contributed by atoms with E-state index >= 15 is 0 Å². The van der Waals surface area contributed by atoms with Crippen LogP contribution in [-0.4, -0.2) is 4.21 Å². The zero-order valence-electron chi connectivity index (χ0n) is 8.81. The van der Waals surface area contributed by atoms with Crippen LogP contribution < -0.4 is 0 Å². The Hall–Kier alpha value is -1.48. The van der Waals surface area contributed by atoms with Crippen LogP contribution in [0.4, 0.5) is 4.39 Å². The lowest BCUT2D eigenvalue weighted by atomic mass is 10.2. The fraction of sp³-hybridized carbons (Fsp3) is 0.0769. The lowest BCUT2D eigenvalue weighted by molar-refractivity contribution is 0.626. The van der Waals surface area contributed by atoms with Crippen LogP contribution in [-0.2, 0) is 10.8 Å². The van der Waals surface area contributed by atoms with Gasteiger partial charge in [-0.15, -0.1) is 0 Å². The maximum absolute atomic E-state index is 12.7. The quantitative estimate of drug-likeness (QED) is 0.779. The molecular formula is C13H11FOS. The largest absolute Gasteiger partial charge is 0.249 e. The first kappa shape index (κ1) is 11.0. The Morgan fingerprint density at radius 2 is 1.62 bits per heavy atom. The predicted octanol–water partition coefficient (Wildman–Crippen LogP) is 3.30. The van der Waals surface area contributed by atoms with Gasteiger partial charge in [-0.25, -0.2) is 8.60 Å². The molecule has 2 aromatic rings. The van der Waals surface area contributed by atoms with Crippen LogP contribution in [0.3, 0.4) is 0 Å². The van der Waals surface area contributed by atoms with Crippen molar-refractivity contribution in [3.63, 3.8) is 0 Å². The molecular weight excluding hydrogens is 223 g/mol. The molecule has 2 aromatic carbocycles. The van der Waals surface area contributed by atoms with E-state index in [-0.39, 0.29) is 5.82 Å². The third-order valence-corrected chi connectivity index (χ3v) is 3.88. The number of rotatable bonds is 2. The molecule has 0 heterocycles. The Bertz CT molecular complexity index is 520. The molecule has 0 aliphatic rings. The van der Waals surface area contributed by atoms with Gasteiger partial charge in [0.1, 0.15) is 5.82 Å². The molecule has 1 atom stereocenters. The van der Waals surface area contributed by atoms with Crippen LogP contribution in [0.15, 0.2) is 58.3 Å². The van der Waals surface area contributed by atoms with Gasteiger partial charge < -0.3 is 0 Å². The molecule has 0 saturated heterocycles. The second-order valence-corrected chi connectivity index (χ2v) is 4.94. The highest BCUT2D eigenvalue weighted by Gasteiger charge is 2.08. The summed E-state index contributed by atoms with van der Waals surface area (Å²) < 4.78 is 24.9. The van der Waals surface area contributed by atoms with Crippen molar-refractivity contribution in [3.05, 3.63) is 59.9 Å². The monoisotopic (exact) mass is 234 g/mol. The van der Waals surface area contributed by atoms with Crippen LogP contribution in [0.2, 0.25) is 0 Å². The Morgan fingerprint density at radius 1 is 1.00 bits per heavy atom. The van der Waals surface area contributed by atoms with Crippen molar-refractivity contribution in [1.82, 2.24) is 0 Å². The number of halogens is 1. The molecule has 0 fully saturated rings. The van der Waals surface area contributed by atoms with Crippen molar-refractivity contribution < 1.29 is 8.60 Å². The Kier molecular flexibility index (Phi) is 3.15. The molecule has 0 aliphatic heterocycles. The van der Waals surface area contributed by atoms with E-state index in [2.05, 4.69) is 0 Å². The Labute approximate surface area is 96.4 Å². The van der Waals surface area contributed by atoms with Gasteiger partial charge in [0.2, 0.25) is 0 Å². The molecule has 3 heteroatoms. The average molecular weight is 234 g/mol. The highest BCUT2D eigenvalue weighted by Crippen LogP contribution is 2.19. The van der Waals surface area contributed by atoms with Gasteiger partial charge in [0.25, 0.3) is 0 Å². The first-order valence-corrected chi connectivity index (χ1v) is 6.06. The van der Waals surface area contributed by atoms with E-state index in [1.165, 1.54) is 12.1 Å². The molecule has 0 aromatic heterocycles. The molecule has 0 saturated carbocycles. The van der Waals surface area contributed by atoms with Crippen LogP contribution >= 0.6 is 0 Å². The lowest BCUT2D eigenvalue weighted by Crippen LogP contribution is -1.95. The van der Waals surface area contributed by atoms with E-state index < -0.39 is 10.8 Å². The minimum atomic E-state index is -1.23. The van der Waals surface area contributed by atoms with Gasteiger partial charge >= 0.3 is 0 Å². The maximum atomic E-state index is 12.7. The Balaban J connectivity index is 2.40. The van der Waals surface area contributed by atoms with E-state index in [0.29, 0.717) is 4.90 Å². The summed E-state index contributed by atoms with van der Waals surface area (Å²) in [6, 6.07) is 13.3. The van der Waals surface area contributed by atoms with Crippen molar-refractivity contribution in [3.8, 4) is 0 Å². The molecule has 82 valence electrons. The van der Waals surface area contributed by atoms with Crippen molar-refractivity contribution >= 4 is 10.8 Å². The minimum Gasteiger partial charge on any atom is -0.249 e. The van der Waals surface area contributed by atoms with Crippen LogP contribution in [0.5, 0.6) is 0 Å². The number of aryl methyl sites for hydroxylation is 1. The van der Waals surface area contributed by atoms with Crippen molar-refractivity contribution in [2.45, 2.75) is 16.7 Å². The highest BCUT2D eigenvalue weighted by atomic mass is 32.2. The summed E-state index contributed by atoms with van der Waals surface area (Å²) in [6.45, 7) is 1.91. The fourth-order valence-corrected chi connectivity index (χ4v) is 2.65. The van der Waals surface area contributed by atoms with Crippen LogP contribution in [0, 0.1) is 12.7 Å². The number of hydrogen-bond donors (Lipinski definition) is 0. The topological polar surface area (TPSA) is 17.1 Å². The van der Waals surface area contributed by atoms with Crippen molar-refractivity contribution in [2.24, 2.45) is 0 Å². The van der Waals surface area contributed by atoms with E-state index in [9.17, 15) is 8.60 Å². The maximum Gasteiger partial charge on any atom is 0.123 e. The second-order valence-electron chi connectivity index (χ2n) is 3.49. The van der Waals surface area contributed by atoms with Crippen LogP contribution in [0.1, 0.15) is 5.56 Å². The summed E-state index contributed by atoms with van der Waals surface area (Å²) in [7, 11) is -1.23. The van der Waals surface area contributed by atoms with Crippen molar-refractivity contribution in [2.75, 3.05) is 0 Å². The lowest BCUT2D eigenvalue weighted by Gasteiger charge is -2.05. The summed E-state index contributed by atoms with van der Waals surface area (Å²) in [6.07, 6.45) is 0. The van der Waals surface area contributed by atoms with E-state index in [1.54, 1.807) is 12.1 Å². The first-order chi connectivity index (χ1) is 7.68. The smallest absolute Gasteiger partial charge is 0.123 e. The van der Waals surface area contributed by atoms with Gasteiger partial charge in [-0.05, 0) is 42.8 Å². The molecule has 0 bridgehead atoms. The summed E-state index contributed by atoms with van der Waals surface area (Å²) in [4.78, 5) is 1.39. The average Bonchev–Trinajstić information content (AvgIpc) is 2.30. The molecule has 2 rings (SSSR count). The normalized spacial score (nSPS) is 12.4. The SMILES string of the molecule is Cc1ccccc1S(=O)c1ccc(F)cc1. The third kappa shape index (κ3) is 2.19. The molecule has 0 radical (unpaired) electrons. The fourth-order valence-electron chi connectivity index (χ4n) is 1.45. The summed E-state index contributed by atoms with van der Waals surface area (Å²) >= 11 is 0. The molecule has 0 aliphatic carbocycles. The zero-order chi connectivity index (χ0) is 11.5. The highest BCUT2D eigenvalue weighted by molar-refractivity contribution is 7.85. The molecule has 16 heavy (non-hydrogen) atoms. The van der Waals surface area contributed by atoms with E-state index in [0.717, 1.165) is 10.5 Å². The third-order valence-electron chi connectivity index (χ3n) is 2.32. The predicted molar refractivity (Wildman–Crippen MR) is 62.3 cm³/mol. The van der Waals surface area contributed by atoms with Crippen LogP contribution in [0.25, 0.3) is 0 Å². The number of benzene rings is 2. The second kappa shape index (κ2) is 4.58. The zero-order valence-corrected chi connectivity index (χ0v) is 9.63. The summed E-state index contributed by atoms with van der Waals surface area (Å²) in [5.41, 5.74) is 0.977. The van der Waals surface area contributed by atoms with Gasteiger partial charge in [0.15, 0.2) is 0 Å². The Morgan fingerprint density at radius 3 is 2.25 bits per heavy atom. The number of hydrogen-bond acceptors (Lipinski definition) is 1. The van der Waals surface area contributed by atoms with Gasteiger partial charge in [0, 0.05) is 9.79 Å². The molecule has 0 spiro atoms. The minimum absolute atomic E-state index is 0.314. The van der Waals surface area contributed by atoms with E-state index in [1.807, 2.05) is 31.2 Å². The summed E-state index contributed by atoms with van der Waals surface area (Å²) in [5.74, 6) is -0.314. The standard InChI is InChI=1S/C13H11FOS/c1-10-4-2-3-5-13(10)16(15)12-8-6-11(14)7-9-12/h2-9H,1H3. The molecule has 1 nitrogen and oxygen atoms in total. The summed E-state index contributed by atoms with van der Waals surface area (Å²) in [5, 5.41) is 0. The molecule has 0 amide bonds. The van der Waals surface area contributed by atoms with Gasteiger partial charge in [-0.2, -0.15) is 0 Å². The van der Waals surface area contributed by atoms with Gasteiger partial charge in [0.05, 0.1) is 10.8 Å².